The zero-order valence-electron chi connectivity index (χ0n) is 6.32. The van der Waals surface area contributed by atoms with Gasteiger partial charge in [0.1, 0.15) is 0 Å². The molecule has 1 rings (SSSR count). The highest BCUT2D eigenvalue weighted by atomic mass is 79.9. The Labute approximate surface area is 79.2 Å². The number of aryl methyl sites for hydroxylation is 1. The summed E-state index contributed by atoms with van der Waals surface area (Å²) in [6, 6.07) is 5.05. The highest BCUT2D eigenvalue weighted by molar-refractivity contribution is 5.23. The van der Waals surface area contributed by atoms with Gasteiger partial charge in [0.25, 0.3) is 0 Å². The van der Waals surface area contributed by atoms with Crippen LogP contribution in [0.15, 0.2) is 24.3 Å². The fourth-order valence-corrected chi connectivity index (χ4v) is 0.743. The maximum atomic E-state index is 11.9. The molecule has 0 heterocycles. The molecule has 4 heteroatoms. The van der Waals surface area contributed by atoms with Crippen LogP contribution in [0, 0.1) is 6.92 Å². The van der Waals surface area contributed by atoms with Crippen LogP contribution in [0.4, 0.5) is 13.2 Å². The normalized spacial score (nSPS) is 10.7. The zero-order chi connectivity index (χ0) is 8.48. The number of halogens is 4. The zero-order valence-corrected chi connectivity index (χ0v) is 7.91. The van der Waals surface area contributed by atoms with Crippen molar-refractivity contribution >= 4 is 0 Å². The van der Waals surface area contributed by atoms with Crippen LogP contribution in [0.1, 0.15) is 11.1 Å². The van der Waals surface area contributed by atoms with E-state index in [1.807, 2.05) is 0 Å². The molecule has 0 radical (unpaired) electrons. The van der Waals surface area contributed by atoms with Gasteiger partial charge in [-0.15, -0.1) is 0 Å². The van der Waals surface area contributed by atoms with Crippen molar-refractivity contribution in [3.05, 3.63) is 35.4 Å². The van der Waals surface area contributed by atoms with Crippen LogP contribution in [0.3, 0.4) is 0 Å². The lowest BCUT2D eigenvalue weighted by molar-refractivity contribution is -0.137. The van der Waals surface area contributed by atoms with Crippen molar-refractivity contribution in [1.82, 2.24) is 0 Å². The quantitative estimate of drug-likeness (QED) is 0.599. The minimum Gasteiger partial charge on any atom is -1.00 e. The minimum absolute atomic E-state index is 0. The van der Waals surface area contributed by atoms with Crippen LogP contribution in [0.2, 0.25) is 0 Å². The third kappa shape index (κ3) is 2.85. The third-order valence-corrected chi connectivity index (χ3v) is 1.38. The molecule has 0 saturated carbocycles. The van der Waals surface area contributed by atoms with Crippen LogP contribution >= 0.6 is 0 Å². The number of rotatable bonds is 0. The average molecular weight is 240 g/mol. The monoisotopic (exact) mass is 239 g/mol. The smallest absolute Gasteiger partial charge is 0.416 e. The van der Waals surface area contributed by atoms with Gasteiger partial charge in [-0.2, -0.15) is 13.2 Å². The molecule has 0 amide bonds. The molecule has 0 aliphatic carbocycles. The first kappa shape index (κ1) is 11.5. The molecule has 1 aromatic carbocycles. The number of alkyl halides is 3. The molecule has 0 aromatic heterocycles. The molecular weight excluding hydrogens is 233 g/mol. The topological polar surface area (TPSA) is 0 Å². The Hall–Kier alpha value is -0.510. The maximum absolute atomic E-state index is 11.9. The van der Waals surface area contributed by atoms with Gasteiger partial charge in [0, 0.05) is 0 Å². The second kappa shape index (κ2) is 3.94. The summed E-state index contributed by atoms with van der Waals surface area (Å²) in [6.45, 7) is 1.75. The Morgan fingerprint density at radius 1 is 1.00 bits per heavy atom. The number of hydrogen-bond donors (Lipinski definition) is 0. The molecule has 1 aromatic rings. The molecule has 0 bridgehead atoms. The summed E-state index contributed by atoms with van der Waals surface area (Å²) in [7, 11) is 0. The van der Waals surface area contributed by atoms with E-state index in [0.717, 1.165) is 17.7 Å². The van der Waals surface area contributed by atoms with Crippen molar-refractivity contribution in [2.24, 2.45) is 0 Å². The van der Waals surface area contributed by atoms with Gasteiger partial charge in [-0.05, 0) is 19.1 Å². The standard InChI is InChI=1S/C8H7F3.BrH/c1-6-2-4-7(5-3-6)8(9,10)11;/h2-5H,1H3;1H/p-1. The molecule has 0 spiro atoms. The Morgan fingerprint density at radius 3 is 1.75 bits per heavy atom. The van der Waals surface area contributed by atoms with Gasteiger partial charge in [-0.25, -0.2) is 0 Å². The molecule has 0 unspecified atom stereocenters. The van der Waals surface area contributed by atoms with E-state index in [1.165, 1.54) is 12.1 Å². The van der Waals surface area contributed by atoms with Crippen LogP contribution in [-0.4, -0.2) is 0 Å². The van der Waals surface area contributed by atoms with Crippen molar-refractivity contribution in [2.75, 3.05) is 0 Å². The summed E-state index contributed by atoms with van der Waals surface area (Å²) in [6.07, 6.45) is -4.21. The Balaban J connectivity index is 0.00000121. The summed E-state index contributed by atoms with van der Waals surface area (Å²) < 4.78 is 35.8. The summed E-state index contributed by atoms with van der Waals surface area (Å²) >= 11 is 0. The predicted molar refractivity (Wildman–Crippen MR) is 36.2 cm³/mol. The van der Waals surface area contributed by atoms with Crippen molar-refractivity contribution in [2.45, 2.75) is 13.1 Å². The van der Waals surface area contributed by atoms with Gasteiger partial charge in [0.2, 0.25) is 0 Å². The van der Waals surface area contributed by atoms with Gasteiger partial charge in [-0.1, -0.05) is 17.7 Å². The van der Waals surface area contributed by atoms with Crippen molar-refractivity contribution in [3.8, 4) is 0 Å². The molecular formula is C8H7BrF3-. The predicted octanol–water partition coefficient (Wildman–Crippen LogP) is 0.0178. The molecule has 0 nitrogen and oxygen atoms in total. The van der Waals surface area contributed by atoms with Crippen LogP contribution < -0.4 is 17.0 Å². The minimum atomic E-state index is -4.21. The van der Waals surface area contributed by atoms with E-state index in [4.69, 9.17) is 0 Å². The van der Waals surface area contributed by atoms with E-state index in [9.17, 15) is 13.2 Å². The third-order valence-electron chi connectivity index (χ3n) is 1.38. The Morgan fingerprint density at radius 2 is 1.42 bits per heavy atom. The highest BCUT2D eigenvalue weighted by Crippen LogP contribution is 2.28. The van der Waals surface area contributed by atoms with E-state index < -0.39 is 11.7 Å². The van der Waals surface area contributed by atoms with E-state index >= 15 is 0 Å². The molecule has 0 atom stereocenters. The second-order valence-electron chi connectivity index (χ2n) is 2.36. The SMILES string of the molecule is Cc1ccc(C(F)(F)F)cc1.[Br-]. The van der Waals surface area contributed by atoms with Gasteiger partial charge < -0.3 is 17.0 Å². The Bertz CT molecular complexity index is 237. The van der Waals surface area contributed by atoms with Gasteiger partial charge >= 0.3 is 6.18 Å². The fourth-order valence-electron chi connectivity index (χ4n) is 0.743. The van der Waals surface area contributed by atoms with Crippen LogP contribution in [0.5, 0.6) is 0 Å². The number of hydrogen-bond acceptors (Lipinski definition) is 0. The molecule has 68 valence electrons. The van der Waals surface area contributed by atoms with Gasteiger partial charge in [0.05, 0.1) is 5.56 Å². The van der Waals surface area contributed by atoms with Crippen molar-refractivity contribution in [3.63, 3.8) is 0 Å². The molecule has 12 heavy (non-hydrogen) atoms. The lowest BCUT2D eigenvalue weighted by Crippen LogP contribution is -3.00. The summed E-state index contributed by atoms with van der Waals surface area (Å²) in [5.74, 6) is 0. The largest absolute Gasteiger partial charge is 1.00 e. The van der Waals surface area contributed by atoms with E-state index in [-0.39, 0.29) is 17.0 Å². The Kier molecular flexibility index (Phi) is 3.77. The second-order valence-corrected chi connectivity index (χ2v) is 2.36. The molecule has 0 aliphatic rings. The van der Waals surface area contributed by atoms with Crippen molar-refractivity contribution in [1.29, 1.82) is 0 Å². The summed E-state index contributed by atoms with van der Waals surface area (Å²) in [4.78, 5) is 0. The van der Waals surface area contributed by atoms with E-state index in [0.29, 0.717) is 0 Å². The van der Waals surface area contributed by atoms with Gasteiger partial charge in [0.15, 0.2) is 0 Å². The van der Waals surface area contributed by atoms with E-state index in [1.54, 1.807) is 6.92 Å². The van der Waals surface area contributed by atoms with Crippen LogP contribution in [-0.2, 0) is 6.18 Å². The molecule has 0 aliphatic heterocycles. The summed E-state index contributed by atoms with van der Waals surface area (Å²) in [5.41, 5.74) is 0.237. The van der Waals surface area contributed by atoms with Crippen LogP contribution in [0.25, 0.3) is 0 Å². The fraction of sp³-hybridized carbons (Fsp3) is 0.250. The van der Waals surface area contributed by atoms with Gasteiger partial charge in [-0.3, -0.25) is 0 Å². The summed E-state index contributed by atoms with van der Waals surface area (Å²) in [5, 5.41) is 0. The lowest BCUT2D eigenvalue weighted by Gasteiger charge is -2.05. The highest BCUT2D eigenvalue weighted by Gasteiger charge is 2.29. The first-order valence-electron chi connectivity index (χ1n) is 3.14. The molecule has 0 N–H and O–H groups in total. The average Bonchev–Trinajstić information content (AvgIpc) is 1.86. The molecule has 0 saturated heterocycles. The maximum Gasteiger partial charge on any atom is 0.416 e. The molecule has 0 fully saturated rings. The first-order chi connectivity index (χ1) is 5.00. The lowest BCUT2D eigenvalue weighted by atomic mass is 10.1. The van der Waals surface area contributed by atoms with E-state index in [2.05, 4.69) is 0 Å². The number of benzene rings is 1. The van der Waals surface area contributed by atoms with Crippen molar-refractivity contribution < 1.29 is 30.2 Å². The first-order valence-corrected chi connectivity index (χ1v) is 3.14.